The van der Waals surface area contributed by atoms with Crippen LogP contribution >= 0.6 is 39.3 Å². The van der Waals surface area contributed by atoms with Gasteiger partial charge in [-0.1, -0.05) is 41.4 Å². The SMILES string of the molecule is COc1cc([C@@H]2SCC(=O)N2c2ccc(Cl)cc2)cc(Br)c1OCc1ccc(C)cc1. The number of amides is 1. The minimum absolute atomic E-state index is 0.0621. The lowest BCUT2D eigenvalue weighted by Gasteiger charge is -2.25. The standard InChI is InChI=1S/C24H21BrClNO3S/c1-15-3-5-16(6-4-15)13-30-23-20(25)11-17(12-21(23)29-2)24-27(22(28)14-31-24)19-9-7-18(26)8-10-19/h3-12,24H,13-14H2,1-2H3/t24-/m0/s1. The van der Waals surface area contributed by atoms with E-state index in [-0.39, 0.29) is 11.3 Å². The van der Waals surface area contributed by atoms with Gasteiger partial charge in [-0.25, -0.2) is 0 Å². The molecule has 0 bridgehead atoms. The van der Waals surface area contributed by atoms with Crippen molar-refractivity contribution in [3.05, 3.63) is 86.8 Å². The second-order valence-corrected chi connectivity index (χ2v) is 9.57. The molecule has 1 atom stereocenters. The fraction of sp³-hybridized carbons (Fsp3) is 0.208. The summed E-state index contributed by atoms with van der Waals surface area (Å²) in [5.41, 5.74) is 4.06. The quantitative estimate of drug-likeness (QED) is 0.361. The monoisotopic (exact) mass is 517 g/mol. The molecule has 31 heavy (non-hydrogen) atoms. The van der Waals surface area contributed by atoms with Crippen LogP contribution in [0.15, 0.2) is 65.1 Å². The predicted molar refractivity (Wildman–Crippen MR) is 130 cm³/mol. The highest BCUT2D eigenvalue weighted by atomic mass is 79.9. The van der Waals surface area contributed by atoms with Gasteiger partial charge in [-0.05, 0) is 70.4 Å². The topological polar surface area (TPSA) is 38.8 Å². The van der Waals surface area contributed by atoms with E-state index in [2.05, 4.69) is 47.1 Å². The molecule has 1 aliphatic heterocycles. The number of carbonyl (C=O) groups is 1. The van der Waals surface area contributed by atoms with Crippen LogP contribution in [-0.4, -0.2) is 18.8 Å². The zero-order chi connectivity index (χ0) is 22.0. The minimum atomic E-state index is -0.162. The normalized spacial score (nSPS) is 15.9. The molecule has 1 amide bonds. The molecule has 0 spiro atoms. The Balaban J connectivity index is 1.61. The number of halogens is 2. The van der Waals surface area contributed by atoms with Gasteiger partial charge in [0.2, 0.25) is 5.91 Å². The number of anilines is 1. The van der Waals surface area contributed by atoms with Gasteiger partial charge in [0.05, 0.1) is 17.3 Å². The van der Waals surface area contributed by atoms with E-state index in [1.165, 1.54) is 5.56 Å². The molecule has 0 saturated carbocycles. The van der Waals surface area contributed by atoms with Gasteiger partial charge in [0.1, 0.15) is 12.0 Å². The number of hydrogen-bond acceptors (Lipinski definition) is 4. The van der Waals surface area contributed by atoms with Crippen molar-refractivity contribution in [3.63, 3.8) is 0 Å². The van der Waals surface area contributed by atoms with Gasteiger partial charge < -0.3 is 9.47 Å². The number of ether oxygens (including phenoxy) is 2. The zero-order valence-corrected chi connectivity index (χ0v) is 20.3. The third kappa shape index (κ3) is 4.86. The van der Waals surface area contributed by atoms with Crippen LogP contribution in [0.5, 0.6) is 11.5 Å². The molecule has 160 valence electrons. The average molecular weight is 519 g/mol. The van der Waals surface area contributed by atoms with Crippen LogP contribution in [0.25, 0.3) is 0 Å². The summed E-state index contributed by atoms with van der Waals surface area (Å²) in [5, 5.41) is 0.476. The van der Waals surface area contributed by atoms with E-state index in [1.54, 1.807) is 35.9 Å². The molecule has 3 aromatic rings. The maximum Gasteiger partial charge on any atom is 0.238 e. The highest BCUT2D eigenvalue weighted by Crippen LogP contribution is 2.46. The Morgan fingerprint density at radius 2 is 1.84 bits per heavy atom. The fourth-order valence-corrected chi connectivity index (χ4v) is 5.27. The Hall–Kier alpha value is -2.15. The smallest absolute Gasteiger partial charge is 0.238 e. The van der Waals surface area contributed by atoms with Crippen molar-refractivity contribution in [1.29, 1.82) is 0 Å². The first-order valence-corrected chi connectivity index (χ1v) is 11.9. The molecule has 0 unspecified atom stereocenters. The van der Waals surface area contributed by atoms with Crippen molar-refractivity contribution in [1.82, 2.24) is 0 Å². The Morgan fingerprint density at radius 3 is 2.52 bits per heavy atom. The molecule has 1 fully saturated rings. The maximum atomic E-state index is 12.6. The lowest BCUT2D eigenvalue weighted by Crippen LogP contribution is -2.27. The molecular formula is C24H21BrClNO3S. The number of methoxy groups -OCH3 is 1. The van der Waals surface area contributed by atoms with Crippen LogP contribution in [0.2, 0.25) is 5.02 Å². The summed E-state index contributed by atoms with van der Waals surface area (Å²) in [7, 11) is 1.62. The van der Waals surface area contributed by atoms with Crippen LogP contribution in [-0.2, 0) is 11.4 Å². The van der Waals surface area contributed by atoms with Crippen molar-refractivity contribution in [3.8, 4) is 11.5 Å². The van der Waals surface area contributed by atoms with Gasteiger partial charge in [-0.3, -0.25) is 9.69 Å². The summed E-state index contributed by atoms with van der Waals surface area (Å²) in [6.07, 6.45) is 0. The predicted octanol–water partition coefficient (Wildman–Crippen LogP) is 6.78. The Morgan fingerprint density at radius 1 is 1.13 bits per heavy atom. The molecule has 7 heteroatoms. The molecule has 1 aliphatic rings. The van der Waals surface area contributed by atoms with Crippen LogP contribution in [0, 0.1) is 6.92 Å². The second-order valence-electron chi connectivity index (χ2n) is 7.21. The first-order valence-electron chi connectivity index (χ1n) is 9.71. The average Bonchev–Trinajstić information content (AvgIpc) is 3.15. The molecular weight excluding hydrogens is 498 g/mol. The highest BCUT2D eigenvalue weighted by Gasteiger charge is 2.35. The first-order chi connectivity index (χ1) is 15.0. The van der Waals surface area contributed by atoms with Gasteiger partial charge in [0.15, 0.2) is 11.5 Å². The van der Waals surface area contributed by atoms with Gasteiger partial charge in [0.25, 0.3) is 0 Å². The summed E-state index contributed by atoms with van der Waals surface area (Å²) < 4.78 is 12.5. The fourth-order valence-electron chi connectivity index (χ4n) is 3.41. The number of hydrogen-bond donors (Lipinski definition) is 0. The van der Waals surface area contributed by atoms with Crippen molar-refractivity contribution in [2.75, 3.05) is 17.8 Å². The number of benzene rings is 3. The third-order valence-corrected chi connectivity index (χ3v) is 7.07. The molecule has 3 aromatic carbocycles. The lowest BCUT2D eigenvalue weighted by molar-refractivity contribution is -0.115. The van der Waals surface area contributed by atoms with Crippen LogP contribution in [0.1, 0.15) is 22.1 Å². The summed E-state index contributed by atoms with van der Waals surface area (Å²) in [6, 6.07) is 19.5. The minimum Gasteiger partial charge on any atom is -0.493 e. The highest BCUT2D eigenvalue weighted by molar-refractivity contribution is 9.10. The van der Waals surface area contributed by atoms with E-state index in [1.807, 2.05) is 24.3 Å². The van der Waals surface area contributed by atoms with E-state index < -0.39 is 0 Å². The molecule has 4 rings (SSSR count). The summed E-state index contributed by atoms with van der Waals surface area (Å²) >= 11 is 11.2. The maximum absolute atomic E-state index is 12.6. The third-order valence-electron chi connectivity index (χ3n) is 5.01. The molecule has 0 aliphatic carbocycles. The van der Waals surface area contributed by atoms with Crippen molar-refractivity contribution in [2.45, 2.75) is 18.9 Å². The van der Waals surface area contributed by atoms with Gasteiger partial charge in [-0.2, -0.15) is 0 Å². The number of aryl methyl sites for hydroxylation is 1. The van der Waals surface area contributed by atoms with Gasteiger partial charge in [-0.15, -0.1) is 11.8 Å². The molecule has 0 aromatic heterocycles. The van der Waals surface area contributed by atoms with Gasteiger partial charge in [0, 0.05) is 10.7 Å². The first kappa shape index (κ1) is 22.1. The van der Waals surface area contributed by atoms with E-state index >= 15 is 0 Å². The molecule has 0 radical (unpaired) electrons. The Labute approximate surface area is 199 Å². The van der Waals surface area contributed by atoms with E-state index in [4.69, 9.17) is 21.1 Å². The van der Waals surface area contributed by atoms with Crippen LogP contribution < -0.4 is 14.4 Å². The van der Waals surface area contributed by atoms with Crippen LogP contribution in [0.3, 0.4) is 0 Å². The summed E-state index contributed by atoms with van der Waals surface area (Å²) in [5.74, 6) is 1.73. The second kappa shape index (κ2) is 9.55. The molecule has 1 heterocycles. The number of nitrogens with zero attached hydrogens (tertiary/aromatic N) is 1. The number of carbonyl (C=O) groups excluding carboxylic acids is 1. The van der Waals surface area contributed by atoms with Crippen molar-refractivity contribution >= 4 is 50.9 Å². The van der Waals surface area contributed by atoms with Crippen molar-refractivity contribution in [2.24, 2.45) is 0 Å². The van der Waals surface area contributed by atoms with Gasteiger partial charge >= 0.3 is 0 Å². The molecule has 1 saturated heterocycles. The lowest BCUT2D eigenvalue weighted by atomic mass is 10.1. The Bertz CT molecular complexity index is 1090. The molecule has 0 N–H and O–H groups in total. The van der Waals surface area contributed by atoms with E-state index in [0.29, 0.717) is 28.9 Å². The van der Waals surface area contributed by atoms with Crippen molar-refractivity contribution < 1.29 is 14.3 Å². The summed E-state index contributed by atoms with van der Waals surface area (Å²) in [6.45, 7) is 2.49. The largest absolute Gasteiger partial charge is 0.493 e. The van der Waals surface area contributed by atoms with E-state index in [0.717, 1.165) is 21.3 Å². The summed E-state index contributed by atoms with van der Waals surface area (Å²) in [4.78, 5) is 14.4. The molecule has 4 nitrogen and oxygen atoms in total. The number of thioether (sulfide) groups is 1. The van der Waals surface area contributed by atoms with Crippen LogP contribution in [0.4, 0.5) is 5.69 Å². The van der Waals surface area contributed by atoms with E-state index in [9.17, 15) is 4.79 Å². The Kier molecular flexibility index (Phi) is 6.80. The zero-order valence-electron chi connectivity index (χ0n) is 17.1. The number of rotatable bonds is 6.